The zero-order valence-corrected chi connectivity index (χ0v) is 26.7. The predicted molar refractivity (Wildman–Crippen MR) is 191 cm³/mol. The van der Waals surface area contributed by atoms with E-state index < -0.39 is 56.8 Å². The second kappa shape index (κ2) is 11.1. The molecule has 9 rings (SSSR count). The Morgan fingerprint density at radius 1 is 0.538 bits per heavy atom. The number of rotatable bonds is 4. The van der Waals surface area contributed by atoms with Gasteiger partial charge in [0, 0.05) is 22.4 Å². The number of hydrogen-bond acceptors (Lipinski definition) is 12. The van der Waals surface area contributed by atoms with Crippen molar-refractivity contribution in [3.05, 3.63) is 96.9 Å². The molecule has 0 aliphatic heterocycles. The summed E-state index contributed by atoms with van der Waals surface area (Å²) in [6.07, 6.45) is 8.64. The van der Waals surface area contributed by atoms with E-state index in [1.165, 1.54) is 4.57 Å². The van der Waals surface area contributed by atoms with E-state index >= 15 is 0 Å². The minimum absolute atomic E-state index is 0.123. The normalized spacial score (nSPS) is 14.3. The molecule has 256 valence electrons. The van der Waals surface area contributed by atoms with Gasteiger partial charge in [0.2, 0.25) is 23.0 Å². The highest BCUT2D eigenvalue weighted by Gasteiger charge is 2.33. The number of benzene rings is 5. The van der Waals surface area contributed by atoms with Gasteiger partial charge in [0.15, 0.2) is 34.6 Å². The van der Waals surface area contributed by atoms with Crippen molar-refractivity contribution < 1.29 is 45.3 Å². The summed E-state index contributed by atoms with van der Waals surface area (Å²) in [6, 6.07) is 19.7. The van der Waals surface area contributed by atoms with Crippen LogP contribution in [-0.2, 0) is 0 Å². The van der Waals surface area contributed by atoms with Crippen LogP contribution in [0.3, 0.4) is 0 Å². The smallest absolute Gasteiger partial charge is 0.206 e. The number of aromatic hydroxyl groups is 8. The van der Waals surface area contributed by atoms with E-state index in [0.717, 1.165) is 5.56 Å². The van der Waals surface area contributed by atoms with Gasteiger partial charge in [0.1, 0.15) is 28.0 Å². The number of furan rings is 1. The van der Waals surface area contributed by atoms with Crippen LogP contribution in [0.2, 0.25) is 0 Å². The topological polar surface area (TPSA) is 219 Å². The number of phenols is 8. The van der Waals surface area contributed by atoms with Gasteiger partial charge in [-0.25, -0.2) is 15.0 Å². The molecule has 8 aromatic rings. The molecule has 0 radical (unpaired) electrons. The minimum Gasteiger partial charge on any atom is -0.504 e. The molecule has 0 fully saturated rings. The van der Waals surface area contributed by atoms with Crippen LogP contribution in [0.15, 0.2) is 95.5 Å². The highest BCUT2D eigenvalue weighted by atomic mass is 16.4. The summed E-state index contributed by atoms with van der Waals surface area (Å²) in [4.78, 5) is 14.7. The molecule has 52 heavy (non-hydrogen) atoms. The molecule has 3 heterocycles. The molecular formula is C39H26N4O9. The van der Waals surface area contributed by atoms with Gasteiger partial charge in [0.25, 0.3) is 0 Å². The van der Waals surface area contributed by atoms with Crippen LogP contribution in [0.5, 0.6) is 46.0 Å². The summed E-state index contributed by atoms with van der Waals surface area (Å²) in [5.41, 5.74) is 1.43. The first kappa shape index (κ1) is 30.6. The van der Waals surface area contributed by atoms with Gasteiger partial charge in [-0.3, -0.25) is 0 Å². The van der Waals surface area contributed by atoms with Crippen LogP contribution in [0.4, 0.5) is 0 Å². The summed E-state index contributed by atoms with van der Waals surface area (Å²) >= 11 is 0. The molecule has 0 bridgehead atoms. The minimum atomic E-state index is -1.12. The summed E-state index contributed by atoms with van der Waals surface area (Å²) in [7, 11) is 0. The summed E-state index contributed by atoms with van der Waals surface area (Å²) in [5.74, 6) is -7.06. The van der Waals surface area contributed by atoms with Crippen LogP contribution in [-0.4, -0.2) is 60.4 Å². The van der Waals surface area contributed by atoms with E-state index in [4.69, 9.17) is 19.4 Å². The molecular weight excluding hydrogens is 668 g/mol. The molecule has 13 nitrogen and oxygen atoms in total. The van der Waals surface area contributed by atoms with Crippen molar-refractivity contribution >= 4 is 43.7 Å². The fraction of sp³-hybridized carbons (Fsp3) is 0.0513. The van der Waals surface area contributed by atoms with Gasteiger partial charge >= 0.3 is 0 Å². The quantitative estimate of drug-likeness (QED) is 0.0665. The lowest BCUT2D eigenvalue weighted by Crippen LogP contribution is -2.08. The van der Waals surface area contributed by atoms with Gasteiger partial charge in [-0.1, -0.05) is 72.8 Å². The summed E-state index contributed by atoms with van der Waals surface area (Å²) < 4.78 is 7.50. The molecule has 8 N–H and O–H groups in total. The van der Waals surface area contributed by atoms with Crippen molar-refractivity contribution in [3.63, 3.8) is 0 Å². The van der Waals surface area contributed by atoms with Crippen molar-refractivity contribution in [3.8, 4) is 74.5 Å². The van der Waals surface area contributed by atoms with Crippen molar-refractivity contribution in [2.45, 2.75) is 12.3 Å². The van der Waals surface area contributed by atoms with E-state index in [1.807, 2.05) is 60.7 Å². The molecule has 0 saturated heterocycles. The summed E-state index contributed by atoms with van der Waals surface area (Å²) in [6.45, 7) is 0. The lowest BCUT2D eigenvalue weighted by Gasteiger charge is -2.15. The van der Waals surface area contributed by atoms with Crippen molar-refractivity contribution in [1.82, 2.24) is 19.5 Å². The Bertz CT molecular complexity index is 2800. The van der Waals surface area contributed by atoms with Gasteiger partial charge < -0.3 is 49.8 Å². The van der Waals surface area contributed by atoms with Crippen LogP contribution in [0.25, 0.3) is 72.2 Å². The zero-order chi connectivity index (χ0) is 36.0. The van der Waals surface area contributed by atoms with E-state index in [9.17, 15) is 40.9 Å². The third-order valence-electron chi connectivity index (χ3n) is 9.42. The van der Waals surface area contributed by atoms with Crippen molar-refractivity contribution in [1.29, 1.82) is 0 Å². The van der Waals surface area contributed by atoms with Crippen LogP contribution in [0.1, 0.15) is 18.2 Å². The molecule has 0 saturated carbocycles. The Kier molecular flexibility index (Phi) is 6.51. The molecule has 3 aromatic heterocycles. The fourth-order valence-electron chi connectivity index (χ4n) is 7.02. The molecule has 1 atom stereocenters. The lowest BCUT2D eigenvalue weighted by atomic mass is 9.99. The third kappa shape index (κ3) is 4.19. The number of nitrogens with zero attached hydrogens (tertiary/aromatic N) is 4. The largest absolute Gasteiger partial charge is 0.504 e. The first-order valence-electron chi connectivity index (χ1n) is 16.0. The maximum Gasteiger partial charge on any atom is 0.206 e. The molecule has 0 spiro atoms. The Morgan fingerprint density at radius 2 is 1.13 bits per heavy atom. The number of fused-ring (bicyclic) bond motifs is 6. The second-order valence-corrected chi connectivity index (χ2v) is 12.4. The highest BCUT2D eigenvalue weighted by molar-refractivity contribution is 6.23. The molecule has 1 unspecified atom stereocenters. The Morgan fingerprint density at radius 3 is 1.77 bits per heavy atom. The zero-order valence-electron chi connectivity index (χ0n) is 26.7. The second-order valence-electron chi connectivity index (χ2n) is 12.4. The van der Waals surface area contributed by atoms with Gasteiger partial charge in [0.05, 0.1) is 21.8 Å². The predicted octanol–water partition coefficient (Wildman–Crippen LogP) is 7.45. The number of aromatic nitrogens is 4. The van der Waals surface area contributed by atoms with Crippen molar-refractivity contribution in [2.75, 3.05) is 0 Å². The average Bonchev–Trinajstić information content (AvgIpc) is 3.75. The van der Waals surface area contributed by atoms with E-state index in [0.29, 0.717) is 51.4 Å². The SMILES string of the molecule is Oc1c(O)c(O)c2c(c1O)c1c(O)c(O)c(O)c(O)c1n2-c1cccc2oc3cccc(-c4nc(-c5ccccc5)nc(C5C=CC=CC5)n4)c3c12. The molecule has 5 aromatic carbocycles. The molecule has 1 aliphatic carbocycles. The van der Waals surface area contributed by atoms with Crippen LogP contribution >= 0.6 is 0 Å². The first-order chi connectivity index (χ1) is 25.2. The van der Waals surface area contributed by atoms with Gasteiger partial charge in [-0.15, -0.1) is 0 Å². The first-order valence-corrected chi connectivity index (χ1v) is 16.0. The molecule has 1 aliphatic rings. The molecule has 13 heteroatoms. The average molecular weight is 695 g/mol. The Hall–Kier alpha value is -7.41. The Labute approximate surface area is 291 Å². The standard InChI is InChI=1S/C39H26N4O9/c44-29-25-26-28(32(47)36(51)34(49)30(26)45)43(27(25)31(46)35(50)33(29)48)20-14-8-16-22-24(20)23-19(13-7-15-21(23)52-22)39-41-37(17-9-3-1-4-10-17)40-38(42-39)18-11-5-2-6-12-18/h1-11,13-16,18,44-51H,12H2. The monoisotopic (exact) mass is 694 g/mol. The van der Waals surface area contributed by atoms with Gasteiger partial charge in [-0.2, -0.15) is 0 Å². The van der Waals surface area contributed by atoms with E-state index in [1.54, 1.807) is 30.3 Å². The Balaban J connectivity index is 1.42. The van der Waals surface area contributed by atoms with Crippen LogP contribution < -0.4 is 0 Å². The van der Waals surface area contributed by atoms with Crippen LogP contribution in [0, 0.1) is 0 Å². The molecule has 0 amide bonds. The lowest BCUT2D eigenvalue weighted by molar-refractivity contribution is 0.350. The summed E-state index contributed by atoms with van der Waals surface area (Å²) in [5, 5.41) is 87.1. The number of allylic oxidation sites excluding steroid dienone is 4. The number of phenolic OH excluding ortho intramolecular Hbond substituents is 8. The maximum absolute atomic E-state index is 11.3. The van der Waals surface area contributed by atoms with Crippen molar-refractivity contribution in [2.24, 2.45) is 0 Å². The fourth-order valence-corrected chi connectivity index (χ4v) is 7.02. The van der Waals surface area contributed by atoms with E-state index in [2.05, 4.69) is 0 Å². The highest BCUT2D eigenvalue weighted by Crippen LogP contribution is 2.59. The third-order valence-corrected chi connectivity index (χ3v) is 9.42. The van der Waals surface area contributed by atoms with Gasteiger partial charge in [-0.05, 0) is 24.6 Å². The van der Waals surface area contributed by atoms with E-state index in [-0.39, 0.29) is 22.6 Å². The number of hydrogen-bond donors (Lipinski definition) is 8. The maximum atomic E-state index is 11.3.